The molecule has 2 aromatic rings. The largest absolute Gasteiger partial charge is 0.497 e. The Bertz CT molecular complexity index is 1160. The number of rotatable bonds is 11. The number of sulfonamides is 1. The van der Waals surface area contributed by atoms with Crippen LogP contribution in [0.5, 0.6) is 5.75 Å². The van der Waals surface area contributed by atoms with E-state index in [4.69, 9.17) is 4.74 Å². The number of benzene rings is 2. The lowest BCUT2D eigenvalue weighted by molar-refractivity contribution is -0.140. The molecule has 0 spiro atoms. The zero-order chi connectivity index (χ0) is 27.0. The molecule has 1 saturated carbocycles. The summed E-state index contributed by atoms with van der Waals surface area (Å²) in [6, 6.07) is 13.7. The molecule has 0 aromatic heterocycles. The normalized spacial score (nSPS) is 15.0. The number of anilines is 1. The van der Waals surface area contributed by atoms with Crippen LogP contribution < -0.4 is 14.4 Å². The third-order valence-corrected chi connectivity index (χ3v) is 7.97. The highest BCUT2D eigenvalue weighted by atomic mass is 32.2. The first-order chi connectivity index (χ1) is 17.6. The van der Waals surface area contributed by atoms with Crippen molar-refractivity contribution >= 4 is 27.5 Å². The zero-order valence-corrected chi connectivity index (χ0v) is 23.1. The number of hydrogen-bond acceptors (Lipinski definition) is 5. The number of amides is 2. The number of carbonyl (C=O) groups excluding carboxylic acids is 2. The highest BCUT2D eigenvalue weighted by Gasteiger charge is 2.32. The summed E-state index contributed by atoms with van der Waals surface area (Å²) in [5.41, 5.74) is 2.17. The minimum Gasteiger partial charge on any atom is -0.497 e. The van der Waals surface area contributed by atoms with E-state index in [0.717, 1.165) is 47.4 Å². The molecule has 1 fully saturated rings. The van der Waals surface area contributed by atoms with Crippen LogP contribution in [0, 0.1) is 6.92 Å². The molecule has 0 bridgehead atoms. The average Bonchev–Trinajstić information content (AvgIpc) is 2.87. The summed E-state index contributed by atoms with van der Waals surface area (Å²) in [6.07, 6.45) is 6.67. The van der Waals surface area contributed by atoms with Gasteiger partial charge in [-0.2, -0.15) is 0 Å². The first-order valence-corrected chi connectivity index (χ1v) is 14.7. The van der Waals surface area contributed by atoms with Crippen molar-refractivity contribution < 1.29 is 22.7 Å². The van der Waals surface area contributed by atoms with Crippen molar-refractivity contribution in [2.75, 3.05) is 24.2 Å². The van der Waals surface area contributed by atoms with E-state index in [1.165, 1.54) is 11.3 Å². The predicted octanol–water partition coefficient (Wildman–Crippen LogP) is 4.03. The van der Waals surface area contributed by atoms with Gasteiger partial charge in [0.05, 0.1) is 19.1 Å². The van der Waals surface area contributed by atoms with E-state index >= 15 is 0 Å². The van der Waals surface area contributed by atoms with Gasteiger partial charge in [0.15, 0.2) is 0 Å². The van der Waals surface area contributed by atoms with Gasteiger partial charge in [-0.15, -0.1) is 0 Å². The second-order valence-corrected chi connectivity index (χ2v) is 11.7. The molecule has 0 unspecified atom stereocenters. The van der Waals surface area contributed by atoms with Crippen molar-refractivity contribution in [1.82, 2.24) is 10.2 Å². The van der Waals surface area contributed by atoms with Gasteiger partial charge < -0.3 is 15.0 Å². The van der Waals surface area contributed by atoms with Gasteiger partial charge >= 0.3 is 0 Å². The lowest BCUT2D eigenvalue weighted by Gasteiger charge is -2.34. The molecule has 0 saturated heterocycles. The highest BCUT2D eigenvalue weighted by molar-refractivity contribution is 7.92. The molecule has 3 rings (SSSR count). The van der Waals surface area contributed by atoms with E-state index < -0.39 is 28.5 Å². The lowest BCUT2D eigenvalue weighted by atomic mass is 9.95. The molecular weight excluding hydrogens is 490 g/mol. The maximum absolute atomic E-state index is 13.8. The highest BCUT2D eigenvalue weighted by Crippen LogP contribution is 2.22. The molecular formula is C28H39N3O5S. The van der Waals surface area contributed by atoms with E-state index in [2.05, 4.69) is 5.32 Å². The van der Waals surface area contributed by atoms with Gasteiger partial charge in [0.1, 0.15) is 18.3 Å². The third-order valence-electron chi connectivity index (χ3n) is 6.83. The van der Waals surface area contributed by atoms with Crippen molar-refractivity contribution in [2.24, 2.45) is 0 Å². The van der Waals surface area contributed by atoms with Gasteiger partial charge in [-0.05, 0) is 56.0 Å². The van der Waals surface area contributed by atoms with Crippen molar-refractivity contribution in [3.05, 3.63) is 59.7 Å². The van der Waals surface area contributed by atoms with Crippen LogP contribution in [0.4, 0.5) is 5.69 Å². The average molecular weight is 530 g/mol. The summed E-state index contributed by atoms with van der Waals surface area (Å²) in [5, 5.41) is 3.15. The fraction of sp³-hybridized carbons (Fsp3) is 0.500. The molecule has 0 heterocycles. The predicted molar refractivity (Wildman–Crippen MR) is 146 cm³/mol. The van der Waals surface area contributed by atoms with Crippen molar-refractivity contribution in [3.63, 3.8) is 0 Å². The van der Waals surface area contributed by atoms with Crippen LogP contribution in [0.15, 0.2) is 48.5 Å². The Kier molecular flexibility index (Phi) is 9.97. The fourth-order valence-corrected chi connectivity index (χ4v) is 5.61. The number of hydrogen-bond donors (Lipinski definition) is 1. The molecule has 2 amide bonds. The molecule has 37 heavy (non-hydrogen) atoms. The molecule has 1 aliphatic rings. The molecule has 2 aromatic carbocycles. The van der Waals surface area contributed by atoms with Gasteiger partial charge in [-0.3, -0.25) is 13.9 Å². The monoisotopic (exact) mass is 529 g/mol. The van der Waals surface area contributed by atoms with Gasteiger partial charge in [0.25, 0.3) is 0 Å². The van der Waals surface area contributed by atoms with Crippen molar-refractivity contribution in [1.29, 1.82) is 0 Å². The molecule has 9 heteroatoms. The number of nitrogens with one attached hydrogen (secondary N) is 1. The maximum Gasteiger partial charge on any atom is 0.244 e. The maximum atomic E-state index is 13.8. The summed E-state index contributed by atoms with van der Waals surface area (Å²) in [5.74, 6) is -0.00614. The molecule has 1 N–H and O–H groups in total. The Morgan fingerprint density at radius 3 is 2.35 bits per heavy atom. The van der Waals surface area contributed by atoms with Crippen LogP contribution in [0.2, 0.25) is 0 Å². The van der Waals surface area contributed by atoms with E-state index in [1.807, 2.05) is 38.1 Å². The summed E-state index contributed by atoms with van der Waals surface area (Å²) < 4.78 is 31.9. The zero-order valence-electron chi connectivity index (χ0n) is 22.3. The Hall–Kier alpha value is -3.07. The Morgan fingerprint density at radius 2 is 1.76 bits per heavy atom. The molecule has 0 radical (unpaired) electrons. The van der Waals surface area contributed by atoms with E-state index in [1.54, 1.807) is 31.4 Å². The third kappa shape index (κ3) is 7.95. The summed E-state index contributed by atoms with van der Waals surface area (Å²) in [6.45, 7) is 3.52. The van der Waals surface area contributed by atoms with Crippen molar-refractivity contribution in [2.45, 2.75) is 71.0 Å². The van der Waals surface area contributed by atoms with Gasteiger partial charge in [0.2, 0.25) is 21.8 Å². The van der Waals surface area contributed by atoms with Crippen molar-refractivity contribution in [3.8, 4) is 5.75 Å². The number of carbonyl (C=O) groups is 2. The van der Waals surface area contributed by atoms with Crippen LogP contribution in [0.3, 0.4) is 0 Å². The fourth-order valence-electron chi connectivity index (χ4n) is 4.76. The quantitative estimate of drug-likeness (QED) is 0.474. The Morgan fingerprint density at radius 1 is 1.08 bits per heavy atom. The molecule has 202 valence electrons. The number of aryl methyl sites for hydroxylation is 1. The van der Waals surface area contributed by atoms with E-state index in [0.29, 0.717) is 17.9 Å². The minimum absolute atomic E-state index is 0.101. The van der Waals surface area contributed by atoms with Gasteiger partial charge in [0, 0.05) is 12.6 Å². The lowest BCUT2D eigenvalue weighted by Crippen LogP contribution is -2.53. The smallest absolute Gasteiger partial charge is 0.244 e. The molecule has 1 atom stereocenters. The number of ether oxygens (including phenoxy) is 1. The molecule has 1 aliphatic carbocycles. The first-order valence-electron chi connectivity index (χ1n) is 12.9. The van der Waals surface area contributed by atoms with Crippen LogP contribution >= 0.6 is 0 Å². The van der Waals surface area contributed by atoms with Crippen LogP contribution in [-0.4, -0.2) is 57.1 Å². The SMILES string of the molecule is CC[C@H](C(=O)NC1CCCCC1)N(Cc1cccc(OC)c1)C(=O)CN(c1ccc(C)cc1)S(C)(=O)=O. The second-order valence-electron chi connectivity index (χ2n) is 9.75. The number of nitrogens with zero attached hydrogens (tertiary/aromatic N) is 2. The summed E-state index contributed by atoms with van der Waals surface area (Å²) in [7, 11) is -2.18. The van der Waals surface area contributed by atoms with Crippen LogP contribution in [0.25, 0.3) is 0 Å². The summed E-state index contributed by atoms with van der Waals surface area (Å²) >= 11 is 0. The van der Waals surface area contributed by atoms with E-state index in [9.17, 15) is 18.0 Å². The molecule has 8 nitrogen and oxygen atoms in total. The van der Waals surface area contributed by atoms with Crippen LogP contribution in [0.1, 0.15) is 56.6 Å². The Balaban J connectivity index is 1.92. The minimum atomic E-state index is -3.75. The second kappa shape index (κ2) is 12.9. The topological polar surface area (TPSA) is 96.0 Å². The van der Waals surface area contributed by atoms with E-state index in [-0.39, 0.29) is 18.5 Å². The number of methoxy groups -OCH3 is 1. The molecule has 0 aliphatic heterocycles. The summed E-state index contributed by atoms with van der Waals surface area (Å²) in [4.78, 5) is 28.7. The van der Waals surface area contributed by atoms with Crippen LogP contribution in [-0.2, 0) is 26.2 Å². The standard InChI is InChI=1S/C28H39N3O5S/c1-5-26(28(33)29-23-11-7-6-8-12-23)30(19-22-10-9-13-25(18-22)36-3)27(32)20-31(37(4,34)35)24-16-14-21(2)15-17-24/h9-10,13-18,23,26H,5-8,11-12,19-20H2,1-4H3,(H,29,33)/t26-/m1/s1. The Labute approximate surface area is 221 Å². The van der Waals surface area contributed by atoms with Gasteiger partial charge in [-0.1, -0.05) is 56.0 Å². The van der Waals surface area contributed by atoms with Gasteiger partial charge in [-0.25, -0.2) is 8.42 Å². The first kappa shape index (κ1) is 28.5.